The number of aryl methyl sites for hydroxylation is 1. The molecule has 0 aliphatic carbocycles. The Morgan fingerprint density at radius 1 is 1.15 bits per heavy atom. The van der Waals surface area contributed by atoms with Gasteiger partial charge in [0.05, 0.1) is 19.4 Å². The van der Waals surface area contributed by atoms with Crippen molar-refractivity contribution in [3.63, 3.8) is 0 Å². The van der Waals surface area contributed by atoms with Gasteiger partial charge in [-0.1, -0.05) is 42.0 Å². The van der Waals surface area contributed by atoms with Crippen molar-refractivity contribution in [1.29, 1.82) is 0 Å². The van der Waals surface area contributed by atoms with E-state index in [1.807, 2.05) is 43.3 Å². The van der Waals surface area contributed by atoms with E-state index in [-0.39, 0.29) is 12.5 Å². The molecule has 0 N–H and O–H groups in total. The molecule has 0 radical (unpaired) electrons. The molecule has 2 aromatic rings. The maximum absolute atomic E-state index is 12.3. The molecule has 0 atom stereocenters. The molecule has 6 nitrogen and oxygen atoms in total. The van der Waals surface area contributed by atoms with Crippen LogP contribution < -0.4 is 4.74 Å². The minimum absolute atomic E-state index is 0.301. The van der Waals surface area contributed by atoms with Crippen molar-refractivity contribution < 1.29 is 19.1 Å². The quantitative estimate of drug-likeness (QED) is 0.776. The Morgan fingerprint density at radius 2 is 1.92 bits per heavy atom. The summed E-state index contributed by atoms with van der Waals surface area (Å²) in [5, 5.41) is 5.69. The molecule has 0 bridgehead atoms. The standard InChI is InChI=1S/C20H20N2O4/c1-14-8-9-18(25-2)16(12-14)20(24)26-13-19(23)22-11-10-17(21-22)15-6-4-3-5-7-15/h3-9,12H,10-11,13H2,1-2H3. The Kier molecular flexibility index (Phi) is 5.31. The van der Waals surface area contributed by atoms with E-state index in [2.05, 4.69) is 5.10 Å². The van der Waals surface area contributed by atoms with E-state index in [0.717, 1.165) is 16.8 Å². The number of amides is 1. The lowest BCUT2D eigenvalue weighted by atomic mass is 10.1. The molecule has 1 aliphatic heterocycles. The number of esters is 1. The third-order valence-electron chi connectivity index (χ3n) is 4.10. The third-order valence-corrected chi connectivity index (χ3v) is 4.10. The van der Waals surface area contributed by atoms with Gasteiger partial charge in [0.15, 0.2) is 6.61 Å². The van der Waals surface area contributed by atoms with E-state index < -0.39 is 5.97 Å². The maximum Gasteiger partial charge on any atom is 0.342 e. The molecule has 0 aromatic heterocycles. The summed E-state index contributed by atoms with van der Waals surface area (Å²) in [6, 6.07) is 14.9. The summed E-state index contributed by atoms with van der Waals surface area (Å²) < 4.78 is 10.3. The summed E-state index contributed by atoms with van der Waals surface area (Å²) in [6.45, 7) is 1.99. The lowest BCUT2D eigenvalue weighted by Crippen LogP contribution is -2.28. The van der Waals surface area contributed by atoms with Crippen LogP contribution in [0.1, 0.15) is 27.9 Å². The first-order chi connectivity index (χ1) is 12.6. The molecule has 0 fully saturated rings. The predicted octanol–water partition coefficient (Wildman–Crippen LogP) is 2.80. The molecule has 134 valence electrons. The van der Waals surface area contributed by atoms with Crippen molar-refractivity contribution in [2.45, 2.75) is 13.3 Å². The number of carbonyl (C=O) groups is 2. The van der Waals surface area contributed by atoms with E-state index >= 15 is 0 Å². The molecule has 1 aliphatic rings. The van der Waals surface area contributed by atoms with Crippen LogP contribution in [0.3, 0.4) is 0 Å². The second-order valence-electron chi connectivity index (χ2n) is 5.96. The summed E-state index contributed by atoms with van der Waals surface area (Å²) in [7, 11) is 1.48. The number of rotatable bonds is 5. The van der Waals surface area contributed by atoms with Crippen LogP contribution in [0.5, 0.6) is 5.75 Å². The first kappa shape index (κ1) is 17.7. The highest BCUT2D eigenvalue weighted by Crippen LogP contribution is 2.21. The van der Waals surface area contributed by atoms with Crippen molar-refractivity contribution >= 4 is 17.6 Å². The zero-order valence-corrected chi connectivity index (χ0v) is 14.8. The average Bonchev–Trinajstić information content (AvgIpc) is 3.17. The maximum atomic E-state index is 12.3. The van der Waals surface area contributed by atoms with Gasteiger partial charge in [-0.05, 0) is 24.6 Å². The molecule has 0 saturated heterocycles. The van der Waals surface area contributed by atoms with Crippen LogP contribution in [0.15, 0.2) is 53.6 Å². The molecule has 2 aromatic carbocycles. The summed E-state index contributed by atoms with van der Waals surface area (Å²) in [5.41, 5.74) is 3.05. The van der Waals surface area contributed by atoms with Crippen LogP contribution in [0.4, 0.5) is 0 Å². The third kappa shape index (κ3) is 3.91. The van der Waals surface area contributed by atoms with Gasteiger partial charge < -0.3 is 9.47 Å². The van der Waals surface area contributed by atoms with Crippen molar-refractivity contribution in [3.05, 3.63) is 65.2 Å². The minimum atomic E-state index is -0.592. The number of hydrazone groups is 1. The number of nitrogens with zero attached hydrogens (tertiary/aromatic N) is 2. The van der Waals surface area contributed by atoms with Crippen LogP contribution in [-0.2, 0) is 9.53 Å². The molecule has 3 rings (SSSR count). The van der Waals surface area contributed by atoms with E-state index in [1.165, 1.54) is 12.1 Å². The van der Waals surface area contributed by atoms with E-state index in [4.69, 9.17) is 9.47 Å². The monoisotopic (exact) mass is 352 g/mol. The molecular weight excluding hydrogens is 332 g/mol. The largest absolute Gasteiger partial charge is 0.496 e. The first-order valence-corrected chi connectivity index (χ1v) is 8.33. The van der Waals surface area contributed by atoms with E-state index in [9.17, 15) is 9.59 Å². The van der Waals surface area contributed by atoms with Crippen LogP contribution >= 0.6 is 0 Å². The Hall–Kier alpha value is -3.15. The molecule has 0 saturated carbocycles. The molecule has 1 amide bonds. The fourth-order valence-corrected chi connectivity index (χ4v) is 2.73. The Balaban J connectivity index is 1.62. The van der Waals surface area contributed by atoms with Gasteiger partial charge in [0.1, 0.15) is 11.3 Å². The van der Waals surface area contributed by atoms with Gasteiger partial charge in [0.2, 0.25) is 0 Å². The topological polar surface area (TPSA) is 68.2 Å². The average molecular weight is 352 g/mol. The lowest BCUT2D eigenvalue weighted by Gasteiger charge is -2.13. The number of carbonyl (C=O) groups excluding carboxylic acids is 2. The Bertz CT molecular complexity index is 846. The van der Waals surface area contributed by atoms with Gasteiger partial charge >= 0.3 is 5.97 Å². The van der Waals surface area contributed by atoms with Crippen LogP contribution in [0.25, 0.3) is 0 Å². The number of hydrogen-bond donors (Lipinski definition) is 0. The molecular formula is C20H20N2O4. The highest BCUT2D eigenvalue weighted by atomic mass is 16.5. The summed E-state index contributed by atoms with van der Waals surface area (Å²) in [6.07, 6.45) is 0.676. The Morgan fingerprint density at radius 3 is 2.65 bits per heavy atom. The fraction of sp³-hybridized carbons (Fsp3) is 0.250. The number of ether oxygens (including phenoxy) is 2. The predicted molar refractivity (Wildman–Crippen MR) is 97.3 cm³/mol. The van der Waals surface area contributed by atoms with Gasteiger partial charge in [-0.2, -0.15) is 5.10 Å². The van der Waals surface area contributed by atoms with E-state index in [0.29, 0.717) is 24.3 Å². The molecule has 6 heteroatoms. The lowest BCUT2D eigenvalue weighted by molar-refractivity contribution is -0.134. The van der Waals surface area contributed by atoms with Crippen LogP contribution in [0.2, 0.25) is 0 Å². The summed E-state index contributed by atoms with van der Waals surface area (Å²) in [5.74, 6) is -0.528. The zero-order valence-electron chi connectivity index (χ0n) is 14.8. The zero-order chi connectivity index (χ0) is 18.5. The van der Waals surface area contributed by atoms with Crippen molar-refractivity contribution in [2.75, 3.05) is 20.3 Å². The number of benzene rings is 2. The second kappa shape index (κ2) is 7.82. The van der Waals surface area contributed by atoms with Gasteiger partial charge in [0.25, 0.3) is 5.91 Å². The van der Waals surface area contributed by atoms with Crippen LogP contribution in [0, 0.1) is 6.92 Å². The smallest absolute Gasteiger partial charge is 0.342 e. The van der Waals surface area contributed by atoms with Crippen LogP contribution in [-0.4, -0.2) is 42.9 Å². The van der Waals surface area contributed by atoms with Crippen molar-refractivity contribution in [2.24, 2.45) is 5.10 Å². The van der Waals surface area contributed by atoms with E-state index in [1.54, 1.807) is 12.1 Å². The first-order valence-electron chi connectivity index (χ1n) is 8.33. The molecule has 1 heterocycles. The summed E-state index contributed by atoms with van der Waals surface area (Å²) in [4.78, 5) is 24.6. The molecule has 26 heavy (non-hydrogen) atoms. The molecule has 0 spiro atoms. The van der Waals surface area contributed by atoms with Gasteiger partial charge in [0, 0.05) is 6.42 Å². The summed E-state index contributed by atoms with van der Waals surface area (Å²) >= 11 is 0. The van der Waals surface area contributed by atoms with Gasteiger partial charge in [-0.15, -0.1) is 0 Å². The van der Waals surface area contributed by atoms with Crippen molar-refractivity contribution in [1.82, 2.24) is 5.01 Å². The second-order valence-corrected chi connectivity index (χ2v) is 5.96. The van der Waals surface area contributed by atoms with Gasteiger partial charge in [-0.25, -0.2) is 9.80 Å². The minimum Gasteiger partial charge on any atom is -0.496 e. The highest BCUT2D eigenvalue weighted by Gasteiger charge is 2.23. The number of methoxy groups -OCH3 is 1. The fourth-order valence-electron chi connectivity index (χ4n) is 2.73. The Labute approximate surface area is 152 Å². The number of hydrogen-bond acceptors (Lipinski definition) is 5. The molecule has 0 unspecified atom stereocenters. The normalized spacial score (nSPS) is 13.3. The van der Waals surface area contributed by atoms with Crippen molar-refractivity contribution in [3.8, 4) is 5.75 Å². The SMILES string of the molecule is COc1ccc(C)cc1C(=O)OCC(=O)N1CCC(c2ccccc2)=N1. The highest BCUT2D eigenvalue weighted by molar-refractivity contribution is 6.02. The van der Waals surface area contributed by atoms with Gasteiger partial charge in [-0.3, -0.25) is 4.79 Å².